The van der Waals surface area contributed by atoms with E-state index in [0.717, 1.165) is 33.4 Å². The van der Waals surface area contributed by atoms with Crippen molar-refractivity contribution >= 4 is 28.4 Å². The summed E-state index contributed by atoms with van der Waals surface area (Å²) in [6, 6.07) is 19.9. The molecule has 0 atom stereocenters. The van der Waals surface area contributed by atoms with Gasteiger partial charge in [0.2, 0.25) is 0 Å². The number of carbonyl (C=O) groups excluding carboxylic acids is 1. The lowest BCUT2D eigenvalue weighted by atomic mass is 9.73. The zero-order chi connectivity index (χ0) is 22.5. The van der Waals surface area contributed by atoms with Gasteiger partial charge < -0.3 is 4.57 Å². The molecule has 1 aliphatic carbocycles. The fraction of sp³-hybridized carbons (Fsp3) is 0.222. The van der Waals surface area contributed by atoms with Gasteiger partial charge in [-0.25, -0.2) is 4.98 Å². The summed E-state index contributed by atoms with van der Waals surface area (Å²) >= 11 is 6.33. The van der Waals surface area contributed by atoms with Crippen molar-refractivity contribution in [3.63, 3.8) is 0 Å². The first kappa shape index (κ1) is 20.5. The van der Waals surface area contributed by atoms with Gasteiger partial charge in [0, 0.05) is 40.7 Å². The molecule has 5 rings (SSSR count). The van der Waals surface area contributed by atoms with Crippen molar-refractivity contribution in [2.75, 3.05) is 0 Å². The molecule has 0 fully saturated rings. The summed E-state index contributed by atoms with van der Waals surface area (Å²) in [7, 11) is 0. The molecule has 158 valence electrons. The van der Waals surface area contributed by atoms with Crippen molar-refractivity contribution in [1.82, 2.24) is 9.55 Å². The topological polar surface area (TPSA) is 58.7 Å². The zero-order valence-corrected chi connectivity index (χ0v) is 18.8. The highest BCUT2D eigenvalue weighted by molar-refractivity contribution is 6.31. The minimum atomic E-state index is -0.161. The number of ketones is 1. The first-order valence-corrected chi connectivity index (χ1v) is 11.0. The number of benzene rings is 2. The van der Waals surface area contributed by atoms with E-state index in [1.807, 2.05) is 53.2 Å². The molecule has 1 aliphatic rings. The van der Waals surface area contributed by atoms with Gasteiger partial charge in [-0.3, -0.25) is 4.79 Å². The van der Waals surface area contributed by atoms with Gasteiger partial charge in [-0.05, 0) is 35.1 Å². The second-order valence-corrected chi connectivity index (χ2v) is 9.66. The Morgan fingerprint density at radius 1 is 1.09 bits per heavy atom. The number of rotatable bonds is 3. The fourth-order valence-corrected chi connectivity index (χ4v) is 4.94. The molecule has 2 heterocycles. The molecule has 0 saturated heterocycles. The highest BCUT2D eigenvalue weighted by atomic mass is 35.5. The maximum atomic E-state index is 13.4. The van der Waals surface area contributed by atoms with E-state index in [9.17, 15) is 10.1 Å². The van der Waals surface area contributed by atoms with Crippen molar-refractivity contribution in [3.05, 3.63) is 88.2 Å². The molecule has 4 aromatic rings. The molecular formula is C27H22ClN3O. The highest BCUT2D eigenvalue weighted by Gasteiger charge is 2.36. The summed E-state index contributed by atoms with van der Waals surface area (Å²) < 4.78 is 2.02. The van der Waals surface area contributed by atoms with Crippen LogP contribution in [0.2, 0.25) is 5.02 Å². The van der Waals surface area contributed by atoms with E-state index in [1.165, 1.54) is 0 Å². The number of hydrogen-bond donors (Lipinski definition) is 0. The number of nitrogens with zero attached hydrogens (tertiary/aromatic N) is 3. The van der Waals surface area contributed by atoms with Gasteiger partial charge in [0.05, 0.1) is 11.3 Å². The van der Waals surface area contributed by atoms with Crippen LogP contribution in [-0.4, -0.2) is 15.3 Å². The molecule has 32 heavy (non-hydrogen) atoms. The number of pyridine rings is 1. The number of nitriles is 1. The number of halogens is 1. The normalized spacial score (nSPS) is 14.9. The Bertz CT molecular complexity index is 1410. The molecule has 0 saturated carbocycles. The van der Waals surface area contributed by atoms with Crippen LogP contribution in [0.15, 0.2) is 60.8 Å². The molecule has 2 aromatic carbocycles. The van der Waals surface area contributed by atoms with Crippen LogP contribution in [-0.2, 0) is 13.0 Å². The molecular weight excluding hydrogens is 418 g/mol. The molecule has 0 N–H and O–H groups in total. The Kier molecular flexibility index (Phi) is 4.87. The Morgan fingerprint density at radius 2 is 1.88 bits per heavy atom. The van der Waals surface area contributed by atoms with Gasteiger partial charge in [-0.2, -0.15) is 5.26 Å². The number of fused-ring (bicyclic) bond motifs is 2. The third kappa shape index (κ3) is 3.49. The summed E-state index contributed by atoms with van der Waals surface area (Å²) in [6.45, 7) is 4.79. The maximum Gasteiger partial charge on any atom is 0.165 e. The number of hydrogen-bond acceptors (Lipinski definition) is 3. The summed E-state index contributed by atoms with van der Waals surface area (Å²) in [5.74, 6) is 0.0697. The van der Waals surface area contributed by atoms with Crippen LogP contribution in [0.25, 0.3) is 22.2 Å². The second kappa shape index (κ2) is 7.62. The zero-order valence-electron chi connectivity index (χ0n) is 18.0. The third-order valence-electron chi connectivity index (χ3n) is 6.07. The second-order valence-electron chi connectivity index (χ2n) is 9.23. The van der Waals surface area contributed by atoms with Crippen molar-refractivity contribution in [2.45, 2.75) is 33.2 Å². The van der Waals surface area contributed by atoms with Crippen LogP contribution in [0, 0.1) is 16.7 Å². The van der Waals surface area contributed by atoms with Crippen LogP contribution in [0.4, 0.5) is 0 Å². The van der Waals surface area contributed by atoms with E-state index in [2.05, 4.69) is 32.0 Å². The lowest BCUT2D eigenvalue weighted by Crippen LogP contribution is -2.28. The summed E-state index contributed by atoms with van der Waals surface area (Å²) in [4.78, 5) is 18.4. The van der Waals surface area contributed by atoms with Crippen LogP contribution in [0.5, 0.6) is 0 Å². The highest BCUT2D eigenvalue weighted by Crippen LogP contribution is 2.43. The third-order valence-corrected chi connectivity index (χ3v) is 6.31. The van der Waals surface area contributed by atoms with Gasteiger partial charge in [0.1, 0.15) is 11.7 Å². The molecule has 0 radical (unpaired) electrons. The standard InChI is InChI=1S/C27H22ClN3O/c1-27(2)12-21-25(22(32)13-27)23(18-9-6-10-20(28)11-18)24-19(14-29)16-31(26(24)30-21)15-17-7-4-3-5-8-17/h3-11,16H,12-13,15H2,1-2H3. The van der Waals surface area contributed by atoms with E-state index in [-0.39, 0.29) is 11.2 Å². The number of aromatic nitrogens is 2. The maximum absolute atomic E-state index is 13.4. The van der Waals surface area contributed by atoms with Crippen molar-refractivity contribution in [3.8, 4) is 17.2 Å². The van der Waals surface area contributed by atoms with E-state index in [4.69, 9.17) is 16.6 Å². The molecule has 4 nitrogen and oxygen atoms in total. The molecule has 0 amide bonds. The minimum absolute atomic E-state index is 0.0697. The van der Waals surface area contributed by atoms with Crippen LogP contribution in [0.3, 0.4) is 0 Å². The lowest BCUT2D eigenvalue weighted by Gasteiger charge is -2.31. The predicted molar refractivity (Wildman–Crippen MR) is 127 cm³/mol. The van der Waals surface area contributed by atoms with Gasteiger partial charge >= 0.3 is 0 Å². The van der Waals surface area contributed by atoms with Gasteiger partial charge in [-0.15, -0.1) is 0 Å². The molecule has 0 spiro atoms. The molecule has 2 aromatic heterocycles. The smallest absolute Gasteiger partial charge is 0.165 e. The van der Waals surface area contributed by atoms with E-state index in [0.29, 0.717) is 35.5 Å². The largest absolute Gasteiger partial charge is 0.327 e. The van der Waals surface area contributed by atoms with E-state index < -0.39 is 0 Å². The first-order chi connectivity index (χ1) is 15.4. The van der Waals surface area contributed by atoms with Crippen molar-refractivity contribution < 1.29 is 4.79 Å². The van der Waals surface area contributed by atoms with E-state index >= 15 is 0 Å². The van der Waals surface area contributed by atoms with E-state index in [1.54, 1.807) is 0 Å². The molecule has 0 unspecified atom stereocenters. The van der Waals surface area contributed by atoms with Crippen molar-refractivity contribution in [2.24, 2.45) is 5.41 Å². The predicted octanol–water partition coefficient (Wildman–Crippen LogP) is 6.43. The van der Waals surface area contributed by atoms with Gasteiger partial charge in [0.25, 0.3) is 0 Å². The Labute approximate surface area is 192 Å². The van der Waals surface area contributed by atoms with Crippen LogP contribution < -0.4 is 0 Å². The average molecular weight is 440 g/mol. The Hall–Kier alpha value is -3.42. The fourth-order valence-electron chi connectivity index (χ4n) is 4.75. The SMILES string of the molecule is CC1(C)CC(=O)c2c(nc3c(c(C#N)cn3Cc3ccccc3)c2-c2cccc(Cl)c2)C1. The average Bonchev–Trinajstić information content (AvgIpc) is 3.09. The van der Waals surface area contributed by atoms with Crippen LogP contribution >= 0.6 is 11.6 Å². The van der Waals surface area contributed by atoms with Crippen LogP contribution in [0.1, 0.15) is 47.4 Å². The van der Waals surface area contributed by atoms with Gasteiger partial charge in [0.15, 0.2) is 5.78 Å². The van der Waals surface area contributed by atoms with Crippen molar-refractivity contribution in [1.29, 1.82) is 5.26 Å². The Morgan fingerprint density at radius 3 is 2.59 bits per heavy atom. The molecule has 0 bridgehead atoms. The number of carbonyl (C=O) groups is 1. The lowest BCUT2D eigenvalue weighted by molar-refractivity contribution is 0.0911. The summed E-state index contributed by atoms with van der Waals surface area (Å²) in [5.41, 5.74) is 5.24. The quantitative estimate of drug-likeness (QED) is 0.369. The Balaban J connectivity index is 1.86. The summed E-state index contributed by atoms with van der Waals surface area (Å²) in [5, 5.41) is 11.3. The summed E-state index contributed by atoms with van der Waals surface area (Å²) in [6.07, 6.45) is 3.00. The first-order valence-electron chi connectivity index (χ1n) is 10.7. The minimum Gasteiger partial charge on any atom is -0.327 e. The number of Topliss-reactive ketones (excluding diaryl/α,β-unsaturated/α-hetero) is 1. The molecule has 5 heteroatoms. The monoisotopic (exact) mass is 439 g/mol. The van der Waals surface area contributed by atoms with Gasteiger partial charge in [-0.1, -0.05) is 67.9 Å². The molecule has 0 aliphatic heterocycles.